The third-order valence-electron chi connectivity index (χ3n) is 2.43. The summed E-state index contributed by atoms with van der Waals surface area (Å²) in [7, 11) is 0. The van der Waals surface area contributed by atoms with Gasteiger partial charge in [-0.1, -0.05) is 40.5 Å². The van der Waals surface area contributed by atoms with Crippen LogP contribution in [-0.4, -0.2) is 17.6 Å². The Morgan fingerprint density at radius 1 is 1.50 bits per heavy atom. The first-order valence-corrected chi connectivity index (χ1v) is 6.02. The molecule has 1 aromatic rings. The van der Waals surface area contributed by atoms with Gasteiger partial charge in [-0.25, -0.2) is 0 Å². The van der Waals surface area contributed by atoms with Gasteiger partial charge in [0.05, 0.1) is 0 Å². The normalized spacial score (nSPS) is 11.4. The Hall–Kier alpha value is -1.52. The van der Waals surface area contributed by atoms with E-state index in [-0.39, 0.29) is 5.84 Å². The maximum Gasteiger partial charge on any atom is 0.170 e. The predicted octanol–water partition coefficient (Wildman–Crippen LogP) is 2.49. The van der Waals surface area contributed by atoms with E-state index in [0.29, 0.717) is 17.1 Å². The van der Waals surface area contributed by atoms with E-state index in [1.165, 1.54) is 5.57 Å². The molecule has 1 aromatic carbocycles. The highest BCUT2D eigenvalue weighted by Crippen LogP contribution is 2.17. The molecule has 0 fully saturated rings. The molecular formula is C13H18ClN3O. The van der Waals surface area contributed by atoms with Crippen molar-refractivity contribution < 1.29 is 5.21 Å². The van der Waals surface area contributed by atoms with E-state index < -0.39 is 0 Å². The topological polar surface area (TPSA) is 70.6 Å². The molecule has 0 amide bonds. The largest absolute Gasteiger partial charge is 0.409 e. The highest BCUT2D eigenvalue weighted by atomic mass is 35.5. The molecule has 98 valence electrons. The quantitative estimate of drug-likeness (QED) is 0.192. The lowest BCUT2D eigenvalue weighted by atomic mass is 10.1. The van der Waals surface area contributed by atoms with Crippen molar-refractivity contribution in [3.63, 3.8) is 0 Å². The van der Waals surface area contributed by atoms with Gasteiger partial charge >= 0.3 is 0 Å². The predicted molar refractivity (Wildman–Crippen MR) is 75.1 cm³/mol. The van der Waals surface area contributed by atoms with Gasteiger partial charge in [0.25, 0.3) is 0 Å². The fraction of sp³-hybridized carbons (Fsp3) is 0.308. The van der Waals surface area contributed by atoms with Crippen molar-refractivity contribution in [1.29, 1.82) is 0 Å². The Morgan fingerprint density at radius 2 is 2.22 bits per heavy atom. The summed E-state index contributed by atoms with van der Waals surface area (Å²) in [6.07, 6.45) is 2.11. The molecule has 4 nitrogen and oxygen atoms in total. The van der Waals surface area contributed by atoms with Crippen LogP contribution < -0.4 is 11.1 Å². The molecule has 5 heteroatoms. The molecule has 0 spiro atoms. The van der Waals surface area contributed by atoms with Crippen LogP contribution in [0.2, 0.25) is 5.02 Å². The van der Waals surface area contributed by atoms with Gasteiger partial charge in [-0.3, -0.25) is 0 Å². The molecule has 0 unspecified atom stereocenters. The summed E-state index contributed by atoms with van der Waals surface area (Å²) in [5, 5.41) is 15.4. The highest BCUT2D eigenvalue weighted by Gasteiger charge is 2.04. The van der Waals surface area contributed by atoms with Gasteiger partial charge in [-0.05, 0) is 25.5 Å². The van der Waals surface area contributed by atoms with Gasteiger partial charge in [-0.2, -0.15) is 0 Å². The summed E-state index contributed by atoms with van der Waals surface area (Å²) in [5.74, 6) is 0.0564. The molecule has 0 aliphatic rings. The molecule has 0 bridgehead atoms. The Balaban J connectivity index is 2.66. The zero-order valence-electron chi connectivity index (χ0n) is 10.6. The summed E-state index contributed by atoms with van der Waals surface area (Å²) >= 11 is 6.12. The number of hydrogen-bond donors (Lipinski definition) is 3. The summed E-state index contributed by atoms with van der Waals surface area (Å²) in [4.78, 5) is 0. The van der Waals surface area contributed by atoms with E-state index in [0.717, 1.165) is 12.1 Å². The number of hydrogen-bond acceptors (Lipinski definition) is 3. The smallest absolute Gasteiger partial charge is 0.170 e. The molecule has 0 aromatic heterocycles. The second-order valence-corrected chi connectivity index (χ2v) is 4.61. The summed E-state index contributed by atoms with van der Waals surface area (Å²) < 4.78 is 0. The lowest BCUT2D eigenvalue weighted by Gasteiger charge is -2.07. The van der Waals surface area contributed by atoms with Crippen LogP contribution in [0.25, 0.3) is 0 Å². The molecule has 1 rings (SSSR count). The van der Waals surface area contributed by atoms with Gasteiger partial charge < -0.3 is 16.3 Å². The molecule has 0 radical (unpaired) electrons. The zero-order valence-corrected chi connectivity index (χ0v) is 11.3. The van der Waals surface area contributed by atoms with E-state index in [1.807, 2.05) is 6.07 Å². The number of rotatable bonds is 5. The number of nitrogens with two attached hydrogens (primary N) is 1. The van der Waals surface area contributed by atoms with Gasteiger partial charge in [0.2, 0.25) is 0 Å². The zero-order chi connectivity index (χ0) is 13.5. The van der Waals surface area contributed by atoms with Crippen molar-refractivity contribution in [1.82, 2.24) is 5.32 Å². The summed E-state index contributed by atoms with van der Waals surface area (Å²) in [5.41, 5.74) is 8.35. The first-order chi connectivity index (χ1) is 8.54. The molecular weight excluding hydrogens is 250 g/mol. The average Bonchev–Trinajstić information content (AvgIpc) is 2.34. The summed E-state index contributed by atoms with van der Waals surface area (Å²) in [6.45, 7) is 5.60. The minimum Gasteiger partial charge on any atom is -0.409 e. The maximum absolute atomic E-state index is 8.57. The molecule has 0 saturated carbocycles. The van der Waals surface area contributed by atoms with Crippen LogP contribution in [0.1, 0.15) is 25.0 Å². The van der Waals surface area contributed by atoms with Crippen LogP contribution in [0.3, 0.4) is 0 Å². The van der Waals surface area contributed by atoms with Crippen molar-refractivity contribution >= 4 is 17.4 Å². The Labute approximate surface area is 112 Å². The number of nitrogens with zero attached hydrogens (tertiary/aromatic N) is 1. The minimum absolute atomic E-state index is 0.0564. The van der Waals surface area contributed by atoms with Crippen molar-refractivity contribution in [2.24, 2.45) is 10.9 Å². The number of oxime groups is 1. The Kier molecular flexibility index (Phi) is 5.68. The van der Waals surface area contributed by atoms with Crippen molar-refractivity contribution in [2.45, 2.75) is 20.4 Å². The van der Waals surface area contributed by atoms with Crippen molar-refractivity contribution in [2.75, 3.05) is 6.54 Å². The third kappa shape index (κ3) is 4.39. The van der Waals surface area contributed by atoms with E-state index >= 15 is 0 Å². The fourth-order valence-corrected chi connectivity index (χ4v) is 1.64. The average molecular weight is 268 g/mol. The van der Waals surface area contributed by atoms with Crippen LogP contribution in [0, 0.1) is 0 Å². The van der Waals surface area contributed by atoms with Crippen LogP contribution >= 0.6 is 11.6 Å². The monoisotopic (exact) mass is 267 g/mol. The van der Waals surface area contributed by atoms with Crippen LogP contribution in [0.4, 0.5) is 0 Å². The number of benzene rings is 1. The van der Waals surface area contributed by atoms with Gasteiger partial charge in [0.15, 0.2) is 5.84 Å². The van der Waals surface area contributed by atoms with Crippen molar-refractivity contribution in [3.05, 3.63) is 46.0 Å². The van der Waals surface area contributed by atoms with Crippen molar-refractivity contribution in [3.8, 4) is 0 Å². The summed E-state index contributed by atoms with van der Waals surface area (Å²) in [6, 6.07) is 5.33. The lowest BCUT2D eigenvalue weighted by Crippen LogP contribution is -2.15. The van der Waals surface area contributed by atoms with E-state index in [1.54, 1.807) is 12.1 Å². The first kappa shape index (κ1) is 14.5. The molecule has 0 saturated heterocycles. The number of halogens is 1. The second-order valence-electron chi connectivity index (χ2n) is 4.20. The molecule has 0 heterocycles. The SMILES string of the molecule is CC(C)=CCNCc1ccc(/C(N)=N/O)cc1Cl. The van der Waals surface area contributed by atoms with Crippen LogP contribution in [0.5, 0.6) is 0 Å². The highest BCUT2D eigenvalue weighted by molar-refractivity contribution is 6.31. The molecule has 0 aliphatic carbocycles. The van der Waals surface area contributed by atoms with E-state index in [4.69, 9.17) is 22.5 Å². The standard InChI is InChI=1S/C13H18ClN3O/c1-9(2)5-6-16-8-11-4-3-10(7-12(11)14)13(15)17-18/h3-5,7,16,18H,6,8H2,1-2H3,(H2,15,17). The molecule has 18 heavy (non-hydrogen) atoms. The van der Waals surface area contributed by atoms with Crippen LogP contribution in [-0.2, 0) is 6.54 Å². The first-order valence-electron chi connectivity index (χ1n) is 5.65. The number of amidine groups is 1. The molecule has 4 N–H and O–H groups in total. The fourth-order valence-electron chi connectivity index (χ4n) is 1.39. The molecule has 0 atom stereocenters. The van der Waals surface area contributed by atoms with E-state index in [9.17, 15) is 0 Å². The maximum atomic E-state index is 8.57. The van der Waals surface area contributed by atoms with E-state index in [2.05, 4.69) is 30.4 Å². The van der Waals surface area contributed by atoms with Gasteiger partial charge in [0, 0.05) is 23.7 Å². The van der Waals surface area contributed by atoms with Gasteiger partial charge in [0.1, 0.15) is 0 Å². The molecule has 0 aliphatic heterocycles. The third-order valence-corrected chi connectivity index (χ3v) is 2.78. The lowest BCUT2D eigenvalue weighted by molar-refractivity contribution is 0.318. The second kappa shape index (κ2) is 7.03. The van der Waals surface area contributed by atoms with Gasteiger partial charge in [-0.15, -0.1) is 0 Å². The van der Waals surface area contributed by atoms with Crippen LogP contribution in [0.15, 0.2) is 35.0 Å². The Bertz CT molecular complexity index is 465. The Morgan fingerprint density at radius 3 is 2.78 bits per heavy atom. The number of nitrogens with one attached hydrogen (secondary N) is 1. The minimum atomic E-state index is 0.0564. The number of allylic oxidation sites excluding steroid dienone is 1.